The van der Waals surface area contributed by atoms with E-state index < -0.39 is 22.4 Å². The third kappa shape index (κ3) is 2.83. The number of aliphatic hydroxyl groups is 1. The summed E-state index contributed by atoms with van der Waals surface area (Å²) in [6.45, 7) is 12.6. The molecular formula is C21H34O5. The fourth-order valence-corrected chi connectivity index (χ4v) is 5.03. The first kappa shape index (κ1) is 21.1. The van der Waals surface area contributed by atoms with Crippen LogP contribution in [0.15, 0.2) is 0 Å². The molecule has 5 nitrogen and oxygen atoms in total. The molecule has 4 atom stereocenters. The van der Waals surface area contributed by atoms with Crippen molar-refractivity contribution < 1.29 is 24.2 Å². The van der Waals surface area contributed by atoms with Crippen LogP contribution in [0.5, 0.6) is 0 Å². The average molecular weight is 366 g/mol. The third-order valence-electron chi connectivity index (χ3n) is 7.77. The lowest BCUT2D eigenvalue weighted by Crippen LogP contribution is -2.53. The molecular weight excluding hydrogens is 332 g/mol. The highest BCUT2D eigenvalue weighted by Gasteiger charge is 2.70. The zero-order chi connectivity index (χ0) is 20.1. The second kappa shape index (κ2) is 6.43. The van der Waals surface area contributed by atoms with Gasteiger partial charge in [-0.1, -0.05) is 20.8 Å². The van der Waals surface area contributed by atoms with Crippen molar-refractivity contribution in [3.63, 3.8) is 0 Å². The summed E-state index contributed by atoms with van der Waals surface area (Å²) in [7, 11) is 0. The Balaban J connectivity index is 2.17. The lowest BCUT2D eigenvalue weighted by Gasteiger charge is -2.44. The molecule has 0 saturated heterocycles. The van der Waals surface area contributed by atoms with Crippen molar-refractivity contribution in [2.24, 2.45) is 22.2 Å². The van der Waals surface area contributed by atoms with Gasteiger partial charge in [0.1, 0.15) is 16.8 Å². The number of ketones is 2. The molecule has 0 amide bonds. The summed E-state index contributed by atoms with van der Waals surface area (Å²) in [6.07, 6.45) is 2.07. The topological polar surface area (TPSA) is 80.7 Å². The van der Waals surface area contributed by atoms with E-state index in [0.717, 1.165) is 12.8 Å². The standard InChI is InChI=1S/C21H34O5/c1-13(2)26-17(24)19(6,14(3)22)10-9-16(23)21(25)12-15-8-11-20(21,7)18(15,4)5/h13,15,25H,8-12H2,1-7H3/t15-,19+,20-,21+/m1/s1. The van der Waals surface area contributed by atoms with E-state index in [1.165, 1.54) is 13.8 Å². The Bertz CT molecular complexity index is 622. The Morgan fingerprint density at radius 3 is 2.19 bits per heavy atom. The quantitative estimate of drug-likeness (QED) is 0.551. The second-order valence-electron chi connectivity index (χ2n) is 9.62. The van der Waals surface area contributed by atoms with Gasteiger partial charge in [-0.25, -0.2) is 0 Å². The summed E-state index contributed by atoms with van der Waals surface area (Å²) in [5, 5.41) is 11.3. The molecule has 0 unspecified atom stereocenters. The minimum Gasteiger partial charge on any atom is -0.462 e. The first-order valence-electron chi connectivity index (χ1n) is 9.70. The molecule has 0 radical (unpaired) electrons. The summed E-state index contributed by atoms with van der Waals surface area (Å²) in [5.41, 5.74) is -3.30. The largest absolute Gasteiger partial charge is 0.462 e. The van der Waals surface area contributed by atoms with E-state index in [9.17, 15) is 19.5 Å². The van der Waals surface area contributed by atoms with Gasteiger partial charge in [0.25, 0.3) is 0 Å². The number of fused-ring (bicyclic) bond motifs is 2. The number of ether oxygens (including phenoxy) is 1. The molecule has 0 spiro atoms. The van der Waals surface area contributed by atoms with E-state index in [1.54, 1.807) is 13.8 Å². The maximum atomic E-state index is 13.1. The smallest absolute Gasteiger partial charge is 0.319 e. The Morgan fingerprint density at radius 2 is 1.81 bits per heavy atom. The first-order chi connectivity index (χ1) is 11.7. The van der Waals surface area contributed by atoms with Gasteiger partial charge in [-0.15, -0.1) is 0 Å². The fraction of sp³-hybridized carbons (Fsp3) is 0.857. The normalized spacial score (nSPS) is 34.6. The highest BCUT2D eigenvalue weighted by atomic mass is 16.5. The molecule has 0 aromatic rings. The Hall–Kier alpha value is -1.23. The highest BCUT2D eigenvalue weighted by molar-refractivity contribution is 6.03. The molecule has 2 rings (SSSR count). The third-order valence-corrected chi connectivity index (χ3v) is 7.77. The van der Waals surface area contributed by atoms with Gasteiger partial charge in [0, 0.05) is 11.8 Å². The molecule has 0 aromatic heterocycles. The van der Waals surface area contributed by atoms with E-state index in [1.807, 2.05) is 6.92 Å². The zero-order valence-electron chi connectivity index (χ0n) is 17.3. The van der Waals surface area contributed by atoms with Gasteiger partial charge in [-0.3, -0.25) is 14.4 Å². The summed E-state index contributed by atoms with van der Waals surface area (Å²) in [6, 6.07) is 0. The predicted octanol–water partition coefficient (Wildman–Crippen LogP) is 3.46. The van der Waals surface area contributed by atoms with Crippen LogP contribution in [-0.4, -0.2) is 34.3 Å². The van der Waals surface area contributed by atoms with Crippen molar-refractivity contribution in [2.45, 2.75) is 92.3 Å². The second-order valence-corrected chi connectivity index (χ2v) is 9.62. The molecule has 26 heavy (non-hydrogen) atoms. The number of rotatable bonds is 7. The number of hydrogen-bond donors (Lipinski definition) is 1. The summed E-state index contributed by atoms with van der Waals surface area (Å²) in [5.74, 6) is -0.839. The summed E-state index contributed by atoms with van der Waals surface area (Å²) in [4.78, 5) is 37.6. The van der Waals surface area contributed by atoms with E-state index in [2.05, 4.69) is 13.8 Å². The monoisotopic (exact) mass is 366 g/mol. The van der Waals surface area contributed by atoms with E-state index >= 15 is 0 Å². The molecule has 2 fully saturated rings. The molecule has 2 aliphatic carbocycles. The van der Waals surface area contributed by atoms with Crippen molar-refractivity contribution in [3.05, 3.63) is 0 Å². The number of Topliss-reactive ketones (excluding diaryl/α,β-unsaturated/α-hetero) is 2. The van der Waals surface area contributed by atoms with Gasteiger partial charge < -0.3 is 9.84 Å². The van der Waals surface area contributed by atoms with Crippen LogP contribution in [0.3, 0.4) is 0 Å². The van der Waals surface area contributed by atoms with Crippen molar-refractivity contribution in [1.29, 1.82) is 0 Å². The first-order valence-corrected chi connectivity index (χ1v) is 9.70. The van der Waals surface area contributed by atoms with Crippen LogP contribution in [-0.2, 0) is 19.1 Å². The molecule has 0 aliphatic heterocycles. The Morgan fingerprint density at radius 1 is 1.23 bits per heavy atom. The number of carbonyl (C=O) groups is 3. The fourth-order valence-electron chi connectivity index (χ4n) is 5.03. The van der Waals surface area contributed by atoms with Crippen LogP contribution < -0.4 is 0 Å². The lowest BCUT2D eigenvalue weighted by atomic mass is 9.62. The molecule has 0 heterocycles. The molecule has 2 saturated carbocycles. The average Bonchev–Trinajstić information content (AvgIpc) is 2.83. The van der Waals surface area contributed by atoms with Crippen LogP contribution in [0, 0.1) is 22.2 Å². The Kier molecular flexibility index (Phi) is 5.21. The van der Waals surface area contributed by atoms with Crippen molar-refractivity contribution in [1.82, 2.24) is 0 Å². The van der Waals surface area contributed by atoms with Gasteiger partial charge in [0.2, 0.25) is 0 Å². The van der Waals surface area contributed by atoms with Crippen LogP contribution in [0.2, 0.25) is 0 Å². The van der Waals surface area contributed by atoms with Gasteiger partial charge in [0.15, 0.2) is 5.78 Å². The Labute approximate surface area is 156 Å². The maximum Gasteiger partial charge on any atom is 0.319 e. The van der Waals surface area contributed by atoms with E-state index in [-0.39, 0.29) is 35.9 Å². The zero-order valence-corrected chi connectivity index (χ0v) is 17.3. The highest BCUT2D eigenvalue weighted by Crippen LogP contribution is 2.70. The molecule has 1 N–H and O–H groups in total. The van der Waals surface area contributed by atoms with Gasteiger partial charge in [0.05, 0.1) is 6.10 Å². The summed E-state index contributed by atoms with van der Waals surface area (Å²) >= 11 is 0. The van der Waals surface area contributed by atoms with Crippen LogP contribution in [0.4, 0.5) is 0 Å². The SMILES string of the molecule is CC(=O)[C@](C)(CCC(=O)[C@@]1(O)C[C@H]2CC[C@]1(C)C2(C)C)C(=O)OC(C)C. The van der Waals surface area contributed by atoms with Crippen LogP contribution in [0.25, 0.3) is 0 Å². The number of carbonyl (C=O) groups excluding carboxylic acids is 3. The molecule has 5 heteroatoms. The van der Waals surface area contributed by atoms with Crippen LogP contribution >= 0.6 is 0 Å². The van der Waals surface area contributed by atoms with Crippen molar-refractivity contribution >= 4 is 17.5 Å². The van der Waals surface area contributed by atoms with E-state index in [4.69, 9.17) is 4.74 Å². The van der Waals surface area contributed by atoms with Crippen molar-refractivity contribution in [2.75, 3.05) is 0 Å². The predicted molar refractivity (Wildman–Crippen MR) is 98.4 cm³/mol. The number of hydrogen-bond acceptors (Lipinski definition) is 5. The molecule has 2 aliphatic rings. The number of esters is 1. The minimum atomic E-state index is -1.38. The minimum absolute atomic E-state index is 0.00182. The molecule has 0 aromatic carbocycles. The van der Waals surface area contributed by atoms with Crippen LogP contribution in [0.1, 0.15) is 80.6 Å². The molecule has 148 valence electrons. The van der Waals surface area contributed by atoms with Gasteiger partial charge >= 0.3 is 5.97 Å². The molecule has 2 bridgehead atoms. The van der Waals surface area contributed by atoms with Gasteiger partial charge in [-0.05, 0) is 64.7 Å². The lowest BCUT2D eigenvalue weighted by molar-refractivity contribution is -0.164. The van der Waals surface area contributed by atoms with Gasteiger partial charge in [-0.2, -0.15) is 0 Å². The maximum absolute atomic E-state index is 13.1. The van der Waals surface area contributed by atoms with Crippen molar-refractivity contribution in [3.8, 4) is 0 Å². The van der Waals surface area contributed by atoms with E-state index in [0.29, 0.717) is 12.3 Å². The summed E-state index contributed by atoms with van der Waals surface area (Å²) < 4.78 is 5.23.